The Morgan fingerprint density at radius 3 is 0.836 bits per heavy atom. The van der Waals surface area contributed by atoms with E-state index in [0.29, 0.717) is 19.3 Å². The molecule has 0 saturated carbocycles. The monoisotopic (exact) mass is 941 g/mol. The molecule has 0 heterocycles. The SMILES string of the molecule is CCCCCCC/C=C\C/C=C\CCCCCCCCCCCC(=O)OCC(COC(=O)CCCCCCCCCCC)OC(=O)CCCCCCCCCCC/C=C\CCCCCCCC. The molecule has 392 valence electrons. The molecule has 0 N–H and O–H groups in total. The van der Waals surface area contributed by atoms with Crippen molar-refractivity contribution in [1.82, 2.24) is 0 Å². The van der Waals surface area contributed by atoms with E-state index in [1.807, 2.05) is 0 Å². The predicted molar refractivity (Wildman–Crippen MR) is 289 cm³/mol. The van der Waals surface area contributed by atoms with Crippen LogP contribution in [-0.4, -0.2) is 37.2 Å². The number of ether oxygens (including phenoxy) is 3. The minimum atomic E-state index is -0.771. The highest BCUT2D eigenvalue weighted by atomic mass is 16.6. The van der Waals surface area contributed by atoms with Crippen LogP contribution in [0.2, 0.25) is 0 Å². The molecule has 6 nitrogen and oxygen atoms in total. The molecule has 0 aliphatic heterocycles. The van der Waals surface area contributed by atoms with Crippen molar-refractivity contribution in [2.75, 3.05) is 13.2 Å². The first kappa shape index (κ1) is 64.6. The van der Waals surface area contributed by atoms with Crippen molar-refractivity contribution in [1.29, 1.82) is 0 Å². The molecule has 1 unspecified atom stereocenters. The van der Waals surface area contributed by atoms with E-state index < -0.39 is 6.10 Å². The minimum absolute atomic E-state index is 0.0710. The molecule has 0 aromatic heterocycles. The van der Waals surface area contributed by atoms with Gasteiger partial charge in [-0.3, -0.25) is 14.4 Å². The molecule has 0 radical (unpaired) electrons. The average molecular weight is 942 g/mol. The lowest BCUT2D eigenvalue weighted by molar-refractivity contribution is -0.167. The third kappa shape index (κ3) is 54.4. The van der Waals surface area contributed by atoms with Crippen molar-refractivity contribution in [3.8, 4) is 0 Å². The summed E-state index contributed by atoms with van der Waals surface area (Å²) < 4.78 is 16.8. The topological polar surface area (TPSA) is 78.9 Å². The summed E-state index contributed by atoms with van der Waals surface area (Å²) in [7, 11) is 0. The third-order valence-corrected chi connectivity index (χ3v) is 13.1. The summed E-state index contributed by atoms with van der Waals surface area (Å²) in [6.45, 7) is 6.64. The summed E-state index contributed by atoms with van der Waals surface area (Å²) in [4.78, 5) is 38.1. The lowest BCUT2D eigenvalue weighted by Crippen LogP contribution is -2.30. The summed E-state index contributed by atoms with van der Waals surface area (Å²) in [6, 6.07) is 0. The second-order valence-electron chi connectivity index (χ2n) is 19.9. The zero-order valence-corrected chi connectivity index (χ0v) is 44.9. The van der Waals surface area contributed by atoms with Crippen LogP contribution >= 0.6 is 0 Å². The van der Waals surface area contributed by atoms with E-state index in [1.54, 1.807) is 0 Å². The van der Waals surface area contributed by atoms with Gasteiger partial charge in [0.2, 0.25) is 0 Å². The Labute approximate surface area is 416 Å². The Bertz CT molecular complexity index is 1130. The largest absolute Gasteiger partial charge is 0.462 e. The Balaban J connectivity index is 4.24. The van der Waals surface area contributed by atoms with Crippen molar-refractivity contribution >= 4 is 17.9 Å². The number of hydrogen-bond acceptors (Lipinski definition) is 6. The number of unbranched alkanes of at least 4 members (excludes halogenated alkanes) is 37. The van der Waals surface area contributed by atoms with Gasteiger partial charge in [-0.2, -0.15) is 0 Å². The average Bonchev–Trinajstić information content (AvgIpc) is 3.33. The van der Waals surface area contributed by atoms with Gasteiger partial charge in [0, 0.05) is 19.3 Å². The molecule has 0 aliphatic rings. The first-order chi connectivity index (χ1) is 33.0. The van der Waals surface area contributed by atoms with Crippen LogP contribution in [0.15, 0.2) is 36.5 Å². The fourth-order valence-electron chi connectivity index (χ4n) is 8.65. The van der Waals surface area contributed by atoms with Gasteiger partial charge >= 0.3 is 17.9 Å². The number of esters is 3. The van der Waals surface area contributed by atoms with Gasteiger partial charge in [-0.1, -0.05) is 256 Å². The first-order valence-electron chi connectivity index (χ1n) is 29.5. The summed E-state index contributed by atoms with van der Waals surface area (Å²) in [5.74, 6) is -0.864. The predicted octanol–water partition coefficient (Wildman–Crippen LogP) is 19.7. The molecule has 67 heavy (non-hydrogen) atoms. The highest BCUT2D eigenvalue weighted by molar-refractivity contribution is 5.71. The van der Waals surface area contributed by atoms with Gasteiger partial charge < -0.3 is 14.2 Å². The van der Waals surface area contributed by atoms with Crippen LogP contribution in [0.3, 0.4) is 0 Å². The Kier molecular flexibility index (Phi) is 54.2. The molecule has 0 saturated heterocycles. The van der Waals surface area contributed by atoms with E-state index >= 15 is 0 Å². The maximum Gasteiger partial charge on any atom is 0.306 e. The van der Waals surface area contributed by atoms with Gasteiger partial charge in [0.15, 0.2) is 6.10 Å². The van der Waals surface area contributed by atoms with E-state index in [9.17, 15) is 14.4 Å². The first-order valence-corrected chi connectivity index (χ1v) is 29.5. The van der Waals surface area contributed by atoms with Crippen LogP contribution in [0.5, 0.6) is 0 Å². The summed E-state index contributed by atoms with van der Waals surface area (Å²) in [5.41, 5.74) is 0. The van der Waals surface area contributed by atoms with Gasteiger partial charge in [-0.05, 0) is 77.0 Å². The van der Waals surface area contributed by atoms with Crippen LogP contribution in [-0.2, 0) is 28.6 Å². The van der Waals surface area contributed by atoms with Crippen LogP contribution < -0.4 is 0 Å². The molecule has 0 spiro atoms. The van der Waals surface area contributed by atoms with E-state index in [1.165, 1.54) is 212 Å². The van der Waals surface area contributed by atoms with Crippen molar-refractivity contribution in [2.24, 2.45) is 0 Å². The fourth-order valence-corrected chi connectivity index (χ4v) is 8.65. The number of carbonyl (C=O) groups is 3. The van der Waals surface area contributed by atoms with Gasteiger partial charge in [0.1, 0.15) is 13.2 Å². The molecular formula is C61H112O6. The number of carbonyl (C=O) groups excluding carboxylic acids is 3. The van der Waals surface area contributed by atoms with Gasteiger partial charge in [0.05, 0.1) is 0 Å². The maximum absolute atomic E-state index is 12.8. The summed E-state index contributed by atoms with van der Waals surface area (Å²) in [5, 5.41) is 0. The molecule has 1 atom stereocenters. The van der Waals surface area contributed by atoms with Crippen molar-refractivity contribution in [3.63, 3.8) is 0 Å². The highest BCUT2D eigenvalue weighted by Crippen LogP contribution is 2.16. The van der Waals surface area contributed by atoms with E-state index in [0.717, 1.165) is 64.2 Å². The quantitative estimate of drug-likeness (QED) is 0.0262. The molecule has 0 amide bonds. The molecule has 0 aliphatic carbocycles. The molecule has 0 rings (SSSR count). The van der Waals surface area contributed by atoms with Crippen molar-refractivity contribution in [2.45, 2.75) is 322 Å². The second kappa shape index (κ2) is 56.2. The zero-order valence-electron chi connectivity index (χ0n) is 44.9. The van der Waals surface area contributed by atoms with Crippen LogP contribution in [0.4, 0.5) is 0 Å². The van der Waals surface area contributed by atoms with Gasteiger partial charge in [-0.15, -0.1) is 0 Å². The smallest absolute Gasteiger partial charge is 0.306 e. The standard InChI is InChI=1S/C61H112O6/c1-4-7-10-13-16-19-21-23-25-27-29-30-32-33-35-37-39-42-45-48-51-54-60(63)66-57-58(56-65-59(62)53-50-47-44-41-18-15-12-9-6-3)67-61(64)55-52-49-46-43-40-38-36-34-31-28-26-24-22-20-17-14-11-8-5-2/h21,23-24,26-27,29,58H,4-20,22,25,28,30-57H2,1-3H3/b23-21-,26-24-,29-27-. The van der Waals surface area contributed by atoms with Crippen LogP contribution in [0, 0.1) is 0 Å². The third-order valence-electron chi connectivity index (χ3n) is 13.1. The van der Waals surface area contributed by atoms with Crippen LogP contribution in [0.25, 0.3) is 0 Å². The number of hydrogen-bond donors (Lipinski definition) is 0. The van der Waals surface area contributed by atoms with Gasteiger partial charge in [-0.25, -0.2) is 0 Å². The molecular weight excluding hydrogens is 829 g/mol. The molecule has 0 bridgehead atoms. The number of allylic oxidation sites excluding steroid dienone is 6. The fraction of sp³-hybridized carbons (Fsp3) is 0.852. The zero-order chi connectivity index (χ0) is 48.6. The van der Waals surface area contributed by atoms with Crippen molar-refractivity contribution in [3.05, 3.63) is 36.5 Å². The van der Waals surface area contributed by atoms with Gasteiger partial charge in [0.25, 0.3) is 0 Å². The Morgan fingerprint density at radius 2 is 0.537 bits per heavy atom. The van der Waals surface area contributed by atoms with E-state index in [-0.39, 0.29) is 31.1 Å². The molecule has 0 aromatic rings. The number of rotatable bonds is 54. The summed E-state index contributed by atoms with van der Waals surface area (Å²) >= 11 is 0. The Hall–Kier alpha value is -2.37. The second-order valence-corrected chi connectivity index (χ2v) is 19.9. The lowest BCUT2D eigenvalue weighted by Gasteiger charge is -2.18. The molecule has 6 heteroatoms. The highest BCUT2D eigenvalue weighted by Gasteiger charge is 2.19. The van der Waals surface area contributed by atoms with Crippen molar-refractivity contribution < 1.29 is 28.6 Å². The van der Waals surface area contributed by atoms with E-state index in [2.05, 4.69) is 57.2 Å². The Morgan fingerprint density at radius 1 is 0.299 bits per heavy atom. The maximum atomic E-state index is 12.8. The normalized spacial score (nSPS) is 12.2. The summed E-state index contributed by atoms with van der Waals surface area (Å²) in [6.07, 6.45) is 67.1. The molecule has 0 aromatic carbocycles. The minimum Gasteiger partial charge on any atom is -0.462 e. The van der Waals surface area contributed by atoms with Crippen LogP contribution in [0.1, 0.15) is 316 Å². The molecule has 0 fully saturated rings. The lowest BCUT2D eigenvalue weighted by atomic mass is 10.1. The van der Waals surface area contributed by atoms with E-state index in [4.69, 9.17) is 14.2 Å².